The van der Waals surface area contributed by atoms with Crippen LogP contribution < -0.4 is 14.8 Å². The highest BCUT2D eigenvalue weighted by atomic mass is 19.3. The van der Waals surface area contributed by atoms with Crippen LogP contribution in [0, 0.1) is 17.0 Å². The van der Waals surface area contributed by atoms with Gasteiger partial charge in [0.05, 0.1) is 18.7 Å². The van der Waals surface area contributed by atoms with Crippen LogP contribution in [-0.2, 0) is 13.0 Å². The van der Waals surface area contributed by atoms with Gasteiger partial charge < -0.3 is 14.8 Å². The number of nitrogens with one attached hydrogen (secondary N) is 1. The Kier molecular flexibility index (Phi) is 9.44. The maximum Gasteiger partial charge on any atom is 0.257 e. The molecular formula is C37H44F4N2O2. The Morgan fingerprint density at radius 3 is 2.22 bits per heavy atom. The lowest BCUT2D eigenvalue weighted by molar-refractivity contribution is -0.0401. The highest BCUT2D eigenvalue weighted by Crippen LogP contribution is 2.44. The molecule has 1 unspecified atom stereocenters. The lowest BCUT2D eigenvalue weighted by atomic mass is 9.71. The van der Waals surface area contributed by atoms with Crippen LogP contribution in [-0.4, -0.2) is 42.6 Å². The van der Waals surface area contributed by atoms with Gasteiger partial charge in [0.25, 0.3) is 5.92 Å². The second kappa shape index (κ2) is 13.3. The minimum absolute atomic E-state index is 0.107. The summed E-state index contributed by atoms with van der Waals surface area (Å²) in [7, 11) is 0. The molecule has 1 aliphatic carbocycles. The Morgan fingerprint density at radius 2 is 1.62 bits per heavy atom. The SMILES string of the molecule is CC[C@@H]1Cc2cc(OCc3ccccc3)ccc2C(c2c(F)cc(OC3CCCC4(CCC3)CNC4)cc2F)N1CC(C)(F)F. The maximum atomic E-state index is 16.1. The molecule has 1 saturated carbocycles. The fourth-order valence-electron chi connectivity index (χ4n) is 7.57. The Balaban J connectivity index is 1.28. The first-order valence-electron chi connectivity index (χ1n) is 16.4. The van der Waals surface area contributed by atoms with Gasteiger partial charge in [-0.15, -0.1) is 0 Å². The average molecular weight is 625 g/mol. The van der Waals surface area contributed by atoms with Crippen molar-refractivity contribution < 1.29 is 27.0 Å². The van der Waals surface area contributed by atoms with Crippen molar-refractivity contribution in [1.29, 1.82) is 0 Å². The second-order valence-electron chi connectivity index (χ2n) is 13.5. The molecule has 242 valence electrons. The van der Waals surface area contributed by atoms with Gasteiger partial charge in [-0.3, -0.25) is 4.90 Å². The first-order valence-corrected chi connectivity index (χ1v) is 16.4. The van der Waals surface area contributed by atoms with Crippen molar-refractivity contribution in [2.45, 2.75) is 95.9 Å². The van der Waals surface area contributed by atoms with Gasteiger partial charge in [-0.05, 0) is 85.6 Å². The van der Waals surface area contributed by atoms with Crippen LogP contribution in [0.25, 0.3) is 0 Å². The van der Waals surface area contributed by atoms with E-state index in [-0.39, 0.29) is 23.5 Å². The zero-order valence-corrected chi connectivity index (χ0v) is 26.3. The van der Waals surface area contributed by atoms with Crippen molar-refractivity contribution in [1.82, 2.24) is 10.2 Å². The summed E-state index contributed by atoms with van der Waals surface area (Å²) in [6.07, 6.45) is 6.91. The van der Waals surface area contributed by atoms with Crippen molar-refractivity contribution in [3.05, 3.63) is 94.6 Å². The largest absolute Gasteiger partial charge is 0.490 e. The molecule has 3 aromatic rings. The summed E-state index contributed by atoms with van der Waals surface area (Å²) in [5.74, 6) is -3.83. The molecule has 3 aliphatic rings. The third kappa shape index (κ3) is 7.33. The highest BCUT2D eigenvalue weighted by molar-refractivity contribution is 5.46. The molecule has 45 heavy (non-hydrogen) atoms. The lowest BCUT2D eigenvalue weighted by Crippen LogP contribution is -2.53. The van der Waals surface area contributed by atoms with E-state index in [1.54, 1.807) is 17.0 Å². The number of alkyl halides is 2. The van der Waals surface area contributed by atoms with Gasteiger partial charge in [0, 0.05) is 43.8 Å². The van der Waals surface area contributed by atoms with Gasteiger partial charge in [-0.1, -0.05) is 43.3 Å². The van der Waals surface area contributed by atoms with Crippen LogP contribution in [0.3, 0.4) is 0 Å². The Labute approximate surface area is 264 Å². The number of ether oxygens (including phenoxy) is 2. The summed E-state index contributed by atoms with van der Waals surface area (Å²) in [4.78, 5) is 1.58. The average Bonchev–Trinajstić information content (AvgIpc) is 2.96. The minimum atomic E-state index is -3.05. The first-order chi connectivity index (χ1) is 21.6. The monoisotopic (exact) mass is 624 g/mol. The summed E-state index contributed by atoms with van der Waals surface area (Å²) in [6, 6.07) is 16.3. The molecule has 8 heteroatoms. The molecule has 1 spiro atoms. The van der Waals surface area contributed by atoms with Crippen LogP contribution in [0.2, 0.25) is 0 Å². The highest BCUT2D eigenvalue weighted by Gasteiger charge is 2.42. The van der Waals surface area contributed by atoms with E-state index < -0.39 is 30.1 Å². The molecule has 1 N–H and O–H groups in total. The molecule has 2 fully saturated rings. The van der Waals surface area contributed by atoms with Crippen LogP contribution in [0.5, 0.6) is 11.5 Å². The van der Waals surface area contributed by atoms with Crippen molar-refractivity contribution in [2.75, 3.05) is 19.6 Å². The van der Waals surface area contributed by atoms with Gasteiger partial charge in [0.2, 0.25) is 0 Å². The van der Waals surface area contributed by atoms with Gasteiger partial charge in [-0.25, -0.2) is 17.6 Å². The summed E-state index contributed by atoms with van der Waals surface area (Å²) < 4.78 is 73.6. The molecule has 0 bridgehead atoms. The zero-order chi connectivity index (χ0) is 31.6. The van der Waals surface area contributed by atoms with Crippen LogP contribution in [0.1, 0.15) is 87.1 Å². The van der Waals surface area contributed by atoms with Crippen LogP contribution in [0.15, 0.2) is 60.7 Å². The number of benzene rings is 3. The smallest absolute Gasteiger partial charge is 0.257 e. The van der Waals surface area contributed by atoms with Gasteiger partial charge in [0.1, 0.15) is 29.7 Å². The summed E-state index contributed by atoms with van der Waals surface area (Å²) in [5.41, 5.74) is 2.67. The molecule has 1 saturated heterocycles. The summed E-state index contributed by atoms with van der Waals surface area (Å²) in [6.45, 7) is 4.68. The third-order valence-electron chi connectivity index (χ3n) is 9.94. The first kappa shape index (κ1) is 31.9. The van der Waals surface area contributed by atoms with Crippen molar-refractivity contribution in [3.8, 4) is 11.5 Å². The van der Waals surface area contributed by atoms with E-state index in [0.717, 1.165) is 69.7 Å². The third-order valence-corrected chi connectivity index (χ3v) is 9.94. The maximum absolute atomic E-state index is 16.1. The fraction of sp³-hybridized carbons (Fsp3) is 0.514. The summed E-state index contributed by atoms with van der Waals surface area (Å²) >= 11 is 0. The fourth-order valence-corrected chi connectivity index (χ4v) is 7.57. The molecule has 0 radical (unpaired) electrons. The number of nitrogens with zero attached hydrogens (tertiary/aromatic N) is 1. The quantitative estimate of drug-likeness (QED) is 0.242. The van der Waals surface area contributed by atoms with Crippen molar-refractivity contribution >= 4 is 0 Å². The molecule has 2 heterocycles. The summed E-state index contributed by atoms with van der Waals surface area (Å²) in [5, 5.41) is 3.39. The molecule has 2 atom stereocenters. The molecule has 6 rings (SSSR count). The molecule has 3 aromatic carbocycles. The van der Waals surface area contributed by atoms with Gasteiger partial charge in [0.15, 0.2) is 0 Å². The number of halogens is 4. The normalized spacial score (nSPS) is 22.3. The lowest BCUT2D eigenvalue weighted by Gasteiger charge is -2.45. The van der Waals surface area contributed by atoms with E-state index in [1.165, 1.54) is 12.1 Å². The van der Waals surface area contributed by atoms with E-state index in [1.807, 2.05) is 43.3 Å². The van der Waals surface area contributed by atoms with E-state index in [9.17, 15) is 8.78 Å². The predicted octanol–water partition coefficient (Wildman–Crippen LogP) is 8.62. The Bertz CT molecular complexity index is 1420. The van der Waals surface area contributed by atoms with Crippen molar-refractivity contribution in [3.63, 3.8) is 0 Å². The second-order valence-corrected chi connectivity index (χ2v) is 13.5. The molecule has 0 amide bonds. The zero-order valence-electron chi connectivity index (χ0n) is 26.3. The molecular weight excluding hydrogens is 580 g/mol. The number of fused-ring (bicyclic) bond motifs is 1. The molecule has 2 aliphatic heterocycles. The minimum Gasteiger partial charge on any atom is -0.490 e. The standard InChI is InChI=1S/C37H44F4N2O2/c1-3-27-17-26-18-29(44-21-25-9-5-4-6-10-25)13-14-31(26)35(43(27)24-36(2,40)41)34-32(38)19-30(20-33(34)39)45-28-11-7-15-37(16-8-12-28)22-42-23-37/h4-6,9-10,13-14,18-20,27-28,35,42H,3,7-8,11-12,15-17,21-24H2,1-2H3/t27-,35?/m1/s1. The molecule has 4 nitrogen and oxygen atoms in total. The van der Waals surface area contributed by atoms with E-state index in [0.29, 0.717) is 36.2 Å². The Hall–Kier alpha value is -3.10. The van der Waals surface area contributed by atoms with Crippen LogP contribution >= 0.6 is 0 Å². The topological polar surface area (TPSA) is 33.7 Å². The number of hydrogen-bond acceptors (Lipinski definition) is 4. The van der Waals surface area contributed by atoms with E-state index in [4.69, 9.17) is 9.47 Å². The van der Waals surface area contributed by atoms with Gasteiger partial charge >= 0.3 is 0 Å². The van der Waals surface area contributed by atoms with E-state index >= 15 is 8.78 Å². The predicted molar refractivity (Wildman–Crippen MR) is 168 cm³/mol. The Morgan fingerprint density at radius 1 is 0.933 bits per heavy atom. The number of hydrogen-bond donors (Lipinski definition) is 1. The van der Waals surface area contributed by atoms with E-state index in [2.05, 4.69) is 5.32 Å². The molecule has 0 aromatic heterocycles. The van der Waals surface area contributed by atoms with Crippen LogP contribution in [0.4, 0.5) is 17.6 Å². The number of rotatable bonds is 9. The van der Waals surface area contributed by atoms with Gasteiger partial charge in [-0.2, -0.15) is 0 Å². The van der Waals surface area contributed by atoms with Crippen molar-refractivity contribution in [2.24, 2.45) is 5.41 Å².